The number of carbonyl (C=O) groups excluding carboxylic acids is 1. The van der Waals surface area contributed by atoms with Gasteiger partial charge in [-0.3, -0.25) is 9.59 Å². The number of benzene rings is 1. The monoisotopic (exact) mass is 265 g/mol. The van der Waals surface area contributed by atoms with Crippen LogP contribution in [0.3, 0.4) is 0 Å². The SMILES string of the molecule is Cc1cc(NC(=O)C2CCC(C(=O)O)C2)ccc1F. The molecule has 1 aromatic rings. The third-order valence-electron chi connectivity index (χ3n) is 3.58. The average Bonchev–Trinajstić information content (AvgIpc) is 2.83. The number of carboxylic acids is 1. The number of aliphatic carboxylic acids is 1. The number of aryl methyl sites for hydroxylation is 1. The van der Waals surface area contributed by atoms with Crippen LogP contribution in [0.15, 0.2) is 18.2 Å². The third-order valence-corrected chi connectivity index (χ3v) is 3.58. The molecule has 0 spiro atoms. The van der Waals surface area contributed by atoms with Crippen molar-refractivity contribution in [1.82, 2.24) is 0 Å². The summed E-state index contributed by atoms with van der Waals surface area (Å²) in [6.45, 7) is 1.63. The topological polar surface area (TPSA) is 66.4 Å². The Hall–Kier alpha value is -1.91. The molecule has 0 aliphatic heterocycles. The van der Waals surface area contributed by atoms with Gasteiger partial charge >= 0.3 is 5.97 Å². The smallest absolute Gasteiger partial charge is 0.306 e. The molecule has 2 rings (SSSR count). The van der Waals surface area contributed by atoms with Gasteiger partial charge in [0.15, 0.2) is 0 Å². The molecular formula is C14H16FNO3. The van der Waals surface area contributed by atoms with E-state index in [1.807, 2.05) is 0 Å². The molecular weight excluding hydrogens is 249 g/mol. The average molecular weight is 265 g/mol. The minimum Gasteiger partial charge on any atom is -0.481 e. The van der Waals surface area contributed by atoms with E-state index >= 15 is 0 Å². The van der Waals surface area contributed by atoms with E-state index in [1.165, 1.54) is 12.1 Å². The number of carbonyl (C=O) groups is 2. The molecule has 0 saturated heterocycles. The summed E-state index contributed by atoms with van der Waals surface area (Å²) >= 11 is 0. The fraction of sp³-hybridized carbons (Fsp3) is 0.429. The summed E-state index contributed by atoms with van der Waals surface area (Å²) in [6.07, 6.45) is 1.50. The Balaban J connectivity index is 1.98. The molecule has 19 heavy (non-hydrogen) atoms. The van der Waals surface area contributed by atoms with Crippen molar-refractivity contribution in [1.29, 1.82) is 0 Å². The summed E-state index contributed by atoms with van der Waals surface area (Å²) in [5, 5.41) is 11.6. The molecule has 1 aliphatic carbocycles. The highest BCUT2D eigenvalue weighted by molar-refractivity contribution is 5.93. The predicted molar refractivity (Wildman–Crippen MR) is 68.2 cm³/mol. The summed E-state index contributed by atoms with van der Waals surface area (Å²) in [7, 11) is 0. The van der Waals surface area contributed by atoms with Gasteiger partial charge in [0.2, 0.25) is 5.91 Å². The quantitative estimate of drug-likeness (QED) is 0.882. The number of rotatable bonds is 3. The fourth-order valence-corrected chi connectivity index (χ4v) is 2.41. The van der Waals surface area contributed by atoms with E-state index in [0.29, 0.717) is 30.5 Å². The van der Waals surface area contributed by atoms with Crippen molar-refractivity contribution in [2.45, 2.75) is 26.2 Å². The number of carboxylic acid groups (broad SMARTS) is 1. The Kier molecular flexibility index (Phi) is 3.83. The summed E-state index contributed by atoms with van der Waals surface area (Å²) in [5.74, 6) is -2.04. The maximum absolute atomic E-state index is 13.1. The number of halogens is 1. The minimum atomic E-state index is -0.840. The lowest BCUT2D eigenvalue weighted by Gasteiger charge is -2.11. The van der Waals surface area contributed by atoms with Crippen molar-refractivity contribution < 1.29 is 19.1 Å². The first-order valence-corrected chi connectivity index (χ1v) is 6.27. The Labute approximate surface area is 110 Å². The van der Waals surface area contributed by atoms with Crippen LogP contribution in [0.25, 0.3) is 0 Å². The van der Waals surface area contributed by atoms with Gasteiger partial charge in [-0.25, -0.2) is 4.39 Å². The van der Waals surface area contributed by atoms with Gasteiger partial charge in [0, 0.05) is 11.6 Å². The second-order valence-corrected chi connectivity index (χ2v) is 5.00. The van der Waals surface area contributed by atoms with Gasteiger partial charge in [0.05, 0.1) is 5.92 Å². The zero-order chi connectivity index (χ0) is 14.0. The van der Waals surface area contributed by atoms with Crippen LogP contribution in [0.2, 0.25) is 0 Å². The maximum atomic E-state index is 13.1. The van der Waals surface area contributed by atoms with E-state index in [-0.39, 0.29) is 17.6 Å². The highest BCUT2D eigenvalue weighted by Gasteiger charge is 2.33. The second-order valence-electron chi connectivity index (χ2n) is 5.00. The molecule has 1 saturated carbocycles. The molecule has 2 unspecified atom stereocenters. The molecule has 1 aromatic carbocycles. The first kappa shape index (κ1) is 13.5. The summed E-state index contributed by atoms with van der Waals surface area (Å²) in [5.41, 5.74) is 1.01. The Morgan fingerprint density at radius 2 is 2.00 bits per heavy atom. The van der Waals surface area contributed by atoms with Crippen LogP contribution >= 0.6 is 0 Å². The molecule has 5 heteroatoms. The number of hydrogen-bond acceptors (Lipinski definition) is 2. The van der Waals surface area contributed by atoms with Gasteiger partial charge in [-0.05, 0) is 49.9 Å². The van der Waals surface area contributed by atoms with Crippen LogP contribution in [0.1, 0.15) is 24.8 Å². The van der Waals surface area contributed by atoms with Crippen LogP contribution in [-0.4, -0.2) is 17.0 Å². The van der Waals surface area contributed by atoms with Crippen molar-refractivity contribution in [3.05, 3.63) is 29.6 Å². The van der Waals surface area contributed by atoms with Gasteiger partial charge in [-0.15, -0.1) is 0 Å². The normalized spacial score (nSPS) is 22.2. The van der Waals surface area contributed by atoms with E-state index in [4.69, 9.17) is 5.11 Å². The van der Waals surface area contributed by atoms with Gasteiger partial charge in [0.1, 0.15) is 5.82 Å². The van der Waals surface area contributed by atoms with Gasteiger partial charge in [0.25, 0.3) is 0 Å². The zero-order valence-corrected chi connectivity index (χ0v) is 10.6. The second kappa shape index (κ2) is 5.38. The third kappa shape index (κ3) is 3.10. The lowest BCUT2D eigenvalue weighted by molar-refractivity contribution is -0.141. The molecule has 0 radical (unpaired) electrons. The molecule has 1 amide bonds. The lowest BCUT2D eigenvalue weighted by atomic mass is 10.0. The standard InChI is InChI=1S/C14H16FNO3/c1-8-6-11(4-5-12(8)15)16-13(17)9-2-3-10(7-9)14(18)19/h4-6,9-10H,2-3,7H2,1H3,(H,16,17)(H,18,19). The van der Waals surface area contributed by atoms with Crippen molar-refractivity contribution in [3.63, 3.8) is 0 Å². The first-order chi connectivity index (χ1) is 8.97. The van der Waals surface area contributed by atoms with Crippen LogP contribution < -0.4 is 5.32 Å². The molecule has 1 aliphatic rings. The van der Waals surface area contributed by atoms with Crippen molar-refractivity contribution >= 4 is 17.6 Å². The highest BCUT2D eigenvalue weighted by atomic mass is 19.1. The number of amides is 1. The summed E-state index contributed by atoms with van der Waals surface area (Å²) in [4.78, 5) is 22.8. The van der Waals surface area contributed by atoms with Crippen molar-refractivity contribution in [3.8, 4) is 0 Å². The van der Waals surface area contributed by atoms with E-state index in [9.17, 15) is 14.0 Å². The molecule has 0 heterocycles. The van der Waals surface area contributed by atoms with Crippen LogP contribution in [-0.2, 0) is 9.59 Å². The van der Waals surface area contributed by atoms with E-state index in [1.54, 1.807) is 13.0 Å². The van der Waals surface area contributed by atoms with Crippen molar-refractivity contribution in [2.24, 2.45) is 11.8 Å². The molecule has 4 nitrogen and oxygen atoms in total. The zero-order valence-electron chi connectivity index (χ0n) is 10.6. The van der Waals surface area contributed by atoms with Gasteiger partial charge in [-0.2, -0.15) is 0 Å². The Bertz CT molecular complexity index is 515. The van der Waals surface area contributed by atoms with Gasteiger partial charge < -0.3 is 10.4 Å². The largest absolute Gasteiger partial charge is 0.481 e. The lowest BCUT2D eigenvalue weighted by Crippen LogP contribution is -2.21. The van der Waals surface area contributed by atoms with Crippen LogP contribution in [0, 0.1) is 24.6 Å². The highest BCUT2D eigenvalue weighted by Crippen LogP contribution is 2.32. The van der Waals surface area contributed by atoms with Crippen molar-refractivity contribution in [2.75, 3.05) is 5.32 Å². The Morgan fingerprint density at radius 3 is 2.58 bits per heavy atom. The number of nitrogens with one attached hydrogen (secondary N) is 1. The van der Waals surface area contributed by atoms with E-state index in [2.05, 4.69) is 5.32 Å². The predicted octanol–water partition coefficient (Wildman–Crippen LogP) is 2.57. The van der Waals surface area contributed by atoms with E-state index < -0.39 is 11.9 Å². The fourth-order valence-electron chi connectivity index (χ4n) is 2.41. The van der Waals surface area contributed by atoms with Crippen LogP contribution in [0.4, 0.5) is 10.1 Å². The van der Waals surface area contributed by atoms with E-state index in [0.717, 1.165) is 0 Å². The summed E-state index contributed by atoms with van der Waals surface area (Å²) in [6, 6.07) is 4.38. The minimum absolute atomic E-state index is 0.185. The number of hydrogen-bond donors (Lipinski definition) is 2. The maximum Gasteiger partial charge on any atom is 0.306 e. The molecule has 2 atom stereocenters. The number of anilines is 1. The molecule has 0 aromatic heterocycles. The van der Waals surface area contributed by atoms with Gasteiger partial charge in [-0.1, -0.05) is 0 Å². The molecule has 102 valence electrons. The van der Waals surface area contributed by atoms with Crippen LogP contribution in [0.5, 0.6) is 0 Å². The molecule has 1 fully saturated rings. The Morgan fingerprint density at radius 1 is 1.32 bits per heavy atom. The molecule has 0 bridgehead atoms. The molecule has 2 N–H and O–H groups in total. The summed E-state index contributed by atoms with van der Waals surface area (Å²) < 4.78 is 13.1. The first-order valence-electron chi connectivity index (χ1n) is 6.27.